The van der Waals surface area contributed by atoms with E-state index in [0.29, 0.717) is 0 Å². The van der Waals surface area contributed by atoms with E-state index in [2.05, 4.69) is 15.9 Å². The normalized spacial score (nSPS) is 10.4. The summed E-state index contributed by atoms with van der Waals surface area (Å²) in [5.41, 5.74) is 7.58. The van der Waals surface area contributed by atoms with E-state index in [1.54, 1.807) is 6.20 Å². The summed E-state index contributed by atoms with van der Waals surface area (Å²) in [7, 11) is 0. The average molecular weight is 279 g/mol. The SMILES string of the molecule is Cc1cc(=O)c(N)cn1-c1ccc(Br)cc1. The number of aromatic nitrogens is 1. The summed E-state index contributed by atoms with van der Waals surface area (Å²) < 4.78 is 2.91. The Morgan fingerprint density at radius 3 is 2.50 bits per heavy atom. The molecule has 0 radical (unpaired) electrons. The number of nitrogens with zero attached hydrogens (tertiary/aromatic N) is 1. The van der Waals surface area contributed by atoms with Crippen LogP contribution < -0.4 is 11.2 Å². The summed E-state index contributed by atoms with van der Waals surface area (Å²) in [6.07, 6.45) is 1.65. The molecule has 1 aromatic carbocycles. The fraction of sp³-hybridized carbons (Fsp3) is 0.0833. The molecular formula is C12H11BrN2O. The monoisotopic (exact) mass is 278 g/mol. The van der Waals surface area contributed by atoms with Crippen molar-refractivity contribution in [3.63, 3.8) is 0 Å². The predicted octanol–water partition coefficient (Wildman–Crippen LogP) is 2.49. The number of nitrogen functional groups attached to an aromatic ring is 1. The van der Waals surface area contributed by atoms with Gasteiger partial charge >= 0.3 is 0 Å². The van der Waals surface area contributed by atoms with Gasteiger partial charge in [0.2, 0.25) is 5.43 Å². The van der Waals surface area contributed by atoms with E-state index in [9.17, 15) is 4.79 Å². The Balaban J connectivity index is 2.60. The second-order valence-electron chi connectivity index (χ2n) is 3.58. The van der Waals surface area contributed by atoms with Gasteiger partial charge in [0.15, 0.2) is 0 Å². The topological polar surface area (TPSA) is 48.0 Å². The summed E-state index contributed by atoms with van der Waals surface area (Å²) in [5.74, 6) is 0. The lowest BCUT2D eigenvalue weighted by Gasteiger charge is -2.11. The van der Waals surface area contributed by atoms with Crippen LogP contribution in [0.5, 0.6) is 0 Å². The largest absolute Gasteiger partial charge is 0.394 e. The van der Waals surface area contributed by atoms with E-state index in [1.807, 2.05) is 35.8 Å². The molecule has 0 aliphatic carbocycles. The average Bonchev–Trinajstić information content (AvgIpc) is 2.25. The highest BCUT2D eigenvalue weighted by molar-refractivity contribution is 9.10. The number of pyridine rings is 1. The first-order valence-corrected chi connectivity index (χ1v) is 5.62. The Labute approximate surface area is 102 Å². The molecule has 3 nitrogen and oxygen atoms in total. The standard InChI is InChI=1S/C12H11BrN2O/c1-8-6-12(16)11(14)7-15(8)10-4-2-9(13)3-5-10/h2-7H,14H2,1H3. The summed E-state index contributed by atoms with van der Waals surface area (Å²) >= 11 is 3.38. The van der Waals surface area contributed by atoms with Gasteiger partial charge in [-0.25, -0.2) is 0 Å². The maximum atomic E-state index is 11.3. The van der Waals surface area contributed by atoms with Crippen molar-refractivity contribution in [3.8, 4) is 5.69 Å². The van der Waals surface area contributed by atoms with E-state index in [-0.39, 0.29) is 11.1 Å². The summed E-state index contributed by atoms with van der Waals surface area (Å²) in [5, 5.41) is 0. The van der Waals surface area contributed by atoms with Gasteiger partial charge in [0, 0.05) is 28.1 Å². The Kier molecular flexibility index (Phi) is 2.83. The Bertz CT molecular complexity index is 573. The second-order valence-corrected chi connectivity index (χ2v) is 4.50. The van der Waals surface area contributed by atoms with E-state index in [1.165, 1.54) is 6.07 Å². The molecule has 0 atom stereocenters. The number of hydrogen-bond donors (Lipinski definition) is 1. The van der Waals surface area contributed by atoms with Crippen molar-refractivity contribution in [2.75, 3.05) is 5.73 Å². The molecule has 1 heterocycles. The zero-order valence-corrected chi connectivity index (χ0v) is 10.4. The summed E-state index contributed by atoms with van der Waals surface area (Å²) in [6, 6.07) is 9.35. The van der Waals surface area contributed by atoms with Gasteiger partial charge in [-0.05, 0) is 31.2 Å². The molecule has 4 heteroatoms. The Hall–Kier alpha value is -1.55. The molecule has 82 valence electrons. The summed E-state index contributed by atoms with van der Waals surface area (Å²) in [6.45, 7) is 1.88. The lowest BCUT2D eigenvalue weighted by atomic mass is 10.2. The van der Waals surface area contributed by atoms with Gasteiger partial charge in [0.05, 0.1) is 5.69 Å². The van der Waals surface area contributed by atoms with Gasteiger partial charge in [-0.3, -0.25) is 4.79 Å². The highest BCUT2D eigenvalue weighted by Crippen LogP contribution is 2.15. The van der Waals surface area contributed by atoms with Crippen molar-refractivity contribution in [1.29, 1.82) is 0 Å². The zero-order valence-electron chi connectivity index (χ0n) is 8.77. The maximum absolute atomic E-state index is 11.3. The number of rotatable bonds is 1. The molecule has 0 saturated carbocycles. The minimum absolute atomic E-state index is 0.133. The molecule has 2 rings (SSSR count). The molecule has 2 N–H and O–H groups in total. The minimum atomic E-state index is -0.133. The summed E-state index contributed by atoms with van der Waals surface area (Å²) in [4.78, 5) is 11.3. The van der Waals surface area contributed by atoms with Crippen molar-refractivity contribution < 1.29 is 0 Å². The van der Waals surface area contributed by atoms with Gasteiger partial charge in [-0.1, -0.05) is 15.9 Å². The Morgan fingerprint density at radius 1 is 1.25 bits per heavy atom. The predicted molar refractivity (Wildman–Crippen MR) is 68.9 cm³/mol. The van der Waals surface area contributed by atoms with Crippen LogP contribution in [-0.4, -0.2) is 4.57 Å². The van der Waals surface area contributed by atoms with Crippen LogP contribution in [0.3, 0.4) is 0 Å². The third-order valence-corrected chi connectivity index (χ3v) is 2.91. The maximum Gasteiger partial charge on any atom is 0.204 e. The molecule has 0 aliphatic heterocycles. The number of halogens is 1. The van der Waals surface area contributed by atoms with Gasteiger partial charge in [0.25, 0.3) is 0 Å². The van der Waals surface area contributed by atoms with Crippen LogP contribution in [0.15, 0.2) is 45.8 Å². The van der Waals surface area contributed by atoms with Crippen LogP contribution in [0.2, 0.25) is 0 Å². The van der Waals surface area contributed by atoms with E-state index >= 15 is 0 Å². The quantitative estimate of drug-likeness (QED) is 0.871. The fourth-order valence-corrected chi connectivity index (χ4v) is 1.79. The van der Waals surface area contributed by atoms with Crippen LogP contribution >= 0.6 is 15.9 Å². The third-order valence-electron chi connectivity index (χ3n) is 2.38. The first-order valence-electron chi connectivity index (χ1n) is 4.82. The molecule has 1 aromatic heterocycles. The zero-order chi connectivity index (χ0) is 11.7. The van der Waals surface area contributed by atoms with Crippen LogP contribution in [0.4, 0.5) is 5.69 Å². The Morgan fingerprint density at radius 2 is 1.88 bits per heavy atom. The minimum Gasteiger partial charge on any atom is -0.394 e. The van der Waals surface area contributed by atoms with Crippen LogP contribution in [0.1, 0.15) is 5.69 Å². The molecule has 0 saturated heterocycles. The first-order chi connectivity index (χ1) is 7.58. The van der Waals surface area contributed by atoms with Crippen molar-refractivity contribution in [2.45, 2.75) is 6.92 Å². The number of benzene rings is 1. The highest BCUT2D eigenvalue weighted by atomic mass is 79.9. The molecule has 0 unspecified atom stereocenters. The van der Waals surface area contributed by atoms with Crippen LogP contribution in [0, 0.1) is 6.92 Å². The van der Waals surface area contributed by atoms with Crippen LogP contribution in [-0.2, 0) is 0 Å². The number of hydrogen-bond acceptors (Lipinski definition) is 2. The lowest BCUT2D eigenvalue weighted by molar-refractivity contribution is 0.977. The number of aryl methyl sites for hydroxylation is 1. The molecule has 2 aromatic rings. The van der Waals surface area contributed by atoms with Gasteiger partial charge in [-0.15, -0.1) is 0 Å². The molecule has 0 bridgehead atoms. The third kappa shape index (κ3) is 2.02. The molecule has 0 amide bonds. The van der Waals surface area contributed by atoms with E-state index < -0.39 is 0 Å². The highest BCUT2D eigenvalue weighted by Gasteiger charge is 2.02. The van der Waals surface area contributed by atoms with E-state index in [0.717, 1.165) is 15.9 Å². The number of anilines is 1. The molecular weight excluding hydrogens is 268 g/mol. The van der Waals surface area contributed by atoms with Crippen molar-refractivity contribution in [3.05, 3.63) is 56.9 Å². The van der Waals surface area contributed by atoms with Crippen LogP contribution in [0.25, 0.3) is 5.69 Å². The molecule has 0 aliphatic rings. The molecule has 0 spiro atoms. The fourth-order valence-electron chi connectivity index (χ4n) is 1.53. The van der Waals surface area contributed by atoms with E-state index in [4.69, 9.17) is 5.73 Å². The van der Waals surface area contributed by atoms with Crippen molar-refractivity contribution >= 4 is 21.6 Å². The van der Waals surface area contributed by atoms with Crippen molar-refractivity contribution in [1.82, 2.24) is 4.57 Å². The molecule has 16 heavy (non-hydrogen) atoms. The lowest BCUT2D eigenvalue weighted by Crippen LogP contribution is -2.12. The van der Waals surface area contributed by atoms with Gasteiger partial charge in [-0.2, -0.15) is 0 Å². The van der Waals surface area contributed by atoms with Crippen molar-refractivity contribution in [2.24, 2.45) is 0 Å². The number of nitrogens with two attached hydrogens (primary N) is 1. The second kappa shape index (κ2) is 4.14. The van der Waals surface area contributed by atoms with Gasteiger partial charge in [0.1, 0.15) is 0 Å². The van der Waals surface area contributed by atoms with Gasteiger partial charge < -0.3 is 10.3 Å². The first kappa shape index (κ1) is 11.0. The smallest absolute Gasteiger partial charge is 0.204 e. The molecule has 0 fully saturated rings.